The lowest BCUT2D eigenvalue weighted by atomic mass is 10.1. The molecule has 3 rings (SSSR count). The standard InChI is InChI=1S/C20H21FN2O3/c1-2-26-18-9-5-16(6-10-18)20(25)23-13-11-22(12-14-23)19(24)15-3-7-17(21)8-4-15/h3-10H,2,11-14H2,1H3. The minimum atomic E-state index is -0.368. The van der Waals surface area contributed by atoms with Gasteiger partial charge in [-0.25, -0.2) is 4.39 Å². The Hall–Kier alpha value is -2.89. The first-order valence-electron chi connectivity index (χ1n) is 8.65. The summed E-state index contributed by atoms with van der Waals surface area (Å²) in [6.45, 7) is 4.35. The zero-order valence-corrected chi connectivity index (χ0v) is 14.7. The van der Waals surface area contributed by atoms with Gasteiger partial charge < -0.3 is 14.5 Å². The van der Waals surface area contributed by atoms with Crippen LogP contribution in [0.15, 0.2) is 48.5 Å². The Morgan fingerprint density at radius 2 is 1.27 bits per heavy atom. The summed E-state index contributed by atoms with van der Waals surface area (Å²) in [5.74, 6) is 0.172. The Kier molecular flexibility index (Phi) is 5.51. The summed E-state index contributed by atoms with van der Waals surface area (Å²) in [5.41, 5.74) is 1.06. The number of rotatable bonds is 4. The van der Waals surface area contributed by atoms with E-state index in [9.17, 15) is 14.0 Å². The molecule has 1 fully saturated rings. The number of piperazine rings is 1. The molecule has 0 radical (unpaired) electrons. The normalized spacial score (nSPS) is 14.2. The first kappa shape index (κ1) is 17.9. The van der Waals surface area contributed by atoms with Gasteiger partial charge in [-0.3, -0.25) is 9.59 Å². The number of benzene rings is 2. The highest BCUT2D eigenvalue weighted by Gasteiger charge is 2.25. The third-order valence-electron chi connectivity index (χ3n) is 4.36. The molecule has 5 nitrogen and oxygen atoms in total. The zero-order chi connectivity index (χ0) is 18.5. The highest BCUT2D eigenvalue weighted by Crippen LogP contribution is 2.16. The van der Waals surface area contributed by atoms with E-state index in [-0.39, 0.29) is 17.6 Å². The van der Waals surface area contributed by atoms with E-state index in [1.807, 2.05) is 6.92 Å². The molecule has 0 atom stereocenters. The van der Waals surface area contributed by atoms with Crippen molar-refractivity contribution in [3.63, 3.8) is 0 Å². The molecule has 0 N–H and O–H groups in total. The van der Waals surface area contributed by atoms with Gasteiger partial charge in [0.25, 0.3) is 11.8 Å². The minimum absolute atomic E-state index is 0.0538. The van der Waals surface area contributed by atoms with Crippen LogP contribution in [0.5, 0.6) is 5.75 Å². The fraction of sp³-hybridized carbons (Fsp3) is 0.300. The quantitative estimate of drug-likeness (QED) is 0.846. The van der Waals surface area contributed by atoms with Crippen LogP contribution in [0.2, 0.25) is 0 Å². The lowest BCUT2D eigenvalue weighted by molar-refractivity contribution is 0.0535. The van der Waals surface area contributed by atoms with Crippen molar-refractivity contribution < 1.29 is 18.7 Å². The van der Waals surface area contributed by atoms with Gasteiger partial charge in [-0.05, 0) is 55.5 Å². The first-order chi connectivity index (χ1) is 12.6. The van der Waals surface area contributed by atoms with Crippen molar-refractivity contribution in [3.8, 4) is 5.75 Å². The average molecular weight is 356 g/mol. The molecule has 0 unspecified atom stereocenters. The first-order valence-corrected chi connectivity index (χ1v) is 8.65. The van der Waals surface area contributed by atoms with Crippen LogP contribution in [0, 0.1) is 5.82 Å². The molecule has 0 spiro atoms. The molecular formula is C20H21FN2O3. The SMILES string of the molecule is CCOc1ccc(C(=O)N2CCN(C(=O)c3ccc(F)cc3)CC2)cc1. The Balaban J connectivity index is 1.58. The molecule has 2 aromatic rings. The summed E-state index contributed by atoms with van der Waals surface area (Å²) in [5, 5.41) is 0. The summed E-state index contributed by atoms with van der Waals surface area (Å²) < 4.78 is 18.4. The van der Waals surface area contributed by atoms with Crippen LogP contribution in [0.25, 0.3) is 0 Å². The minimum Gasteiger partial charge on any atom is -0.494 e. The van der Waals surface area contributed by atoms with Crippen LogP contribution in [0.3, 0.4) is 0 Å². The van der Waals surface area contributed by atoms with E-state index < -0.39 is 0 Å². The molecule has 2 amide bonds. The Labute approximate surface area is 152 Å². The maximum atomic E-state index is 13.0. The van der Waals surface area contributed by atoms with E-state index in [4.69, 9.17) is 4.74 Å². The number of ether oxygens (including phenoxy) is 1. The van der Waals surface area contributed by atoms with E-state index in [2.05, 4.69) is 0 Å². The van der Waals surface area contributed by atoms with Gasteiger partial charge in [0.2, 0.25) is 0 Å². The number of hydrogen-bond acceptors (Lipinski definition) is 3. The van der Waals surface area contributed by atoms with Crippen molar-refractivity contribution in [2.45, 2.75) is 6.92 Å². The van der Waals surface area contributed by atoms with Crippen LogP contribution < -0.4 is 4.74 Å². The Morgan fingerprint density at radius 3 is 1.69 bits per heavy atom. The maximum Gasteiger partial charge on any atom is 0.253 e. The van der Waals surface area contributed by atoms with Gasteiger partial charge in [0, 0.05) is 37.3 Å². The number of carbonyl (C=O) groups excluding carboxylic acids is 2. The fourth-order valence-electron chi connectivity index (χ4n) is 2.93. The van der Waals surface area contributed by atoms with Crippen LogP contribution in [-0.4, -0.2) is 54.4 Å². The smallest absolute Gasteiger partial charge is 0.253 e. The van der Waals surface area contributed by atoms with Gasteiger partial charge >= 0.3 is 0 Å². The maximum absolute atomic E-state index is 13.0. The van der Waals surface area contributed by atoms with Crippen LogP contribution in [0.4, 0.5) is 4.39 Å². The molecule has 0 aliphatic carbocycles. The fourth-order valence-corrected chi connectivity index (χ4v) is 2.93. The Morgan fingerprint density at radius 1 is 0.846 bits per heavy atom. The van der Waals surface area contributed by atoms with Crippen molar-refractivity contribution in [1.82, 2.24) is 9.80 Å². The van der Waals surface area contributed by atoms with Gasteiger partial charge in [0.15, 0.2) is 0 Å². The summed E-state index contributed by atoms with van der Waals surface area (Å²) in [6, 6.07) is 12.6. The third kappa shape index (κ3) is 4.02. The second kappa shape index (κ2) is 7.99. The van der Waals surface area contributed by atoms with Crippen molar-refractivity contribution in [3.05, 3.63) is 65.5 Å². The van der Waals surface area contributed by atoms with E-state index in [0.29, 0.717) is 43.9 Å². The van der Waals surface area contributed by atoms with Gasteiger partial charge in [0.05, 0.1) is 6.61 Å². The molecule has 26 heavy (non-hydrogen) atoms. The number of hydrogen-bond donors (Lipinski definition) is 0. The largest absolute Gasteiger partial charge is 0.494 e. The number of carbonyl (C=O) groups is 2. The molecule has 1 aliphatic heterocycles. The molecule has 0 bridgehead atoms. The summed E-state index contributed by atoms with van der Waals surface area (Å²) >= 11 is 0. The van der Waals surface area contributed by atoms with E-state index in [1.165, 1.54) is 24.3 Å². The predicted octanol–water partition coefficient (Wildman–Crippen LogP) is 2.82. The molecule has 1 heterocycles. The van der Waals surface area contributed by atoms with Crippen molar-refractivity contribution >= 4 is 11.8 Å². The van der Waals surface area contributed by atoms with Gasteiger partial charge in [-0.1, -0.05) is 0 Å². The monoisotopic (exact) mass is 356 g/mol. The lowest BCUT2D eigenvalue weighted by Gasteiger charge is -2.35. The summed E-state index contributed by atoms with van der Waals surface area (Å²) in [4.78, 5) is 28.5. The zero-order valence-electron chi connectivity index (χ0n) is 14.7. The van der Waals surface area contributed by atoms with E-state index >= 15 is 0 Å². The highest BCUT2D eigenvalue weighted by molar-refractivity contribution is 5.96. The highest BCUT2D eigenvalue weighted by atomic mass is 19.1. The Bertz CT molecular complexity index is 767. The van der Waals surface area contributed by atoms with E-state index in [0.717, 1.165) is 5.75 Å². The molecule has 2 aromatic carbocycles. The lowest BCUT2D eigenvalue weighted by Crippen LogP contribution is -2.50. The summed E-state index contributed by atoms with van der Waals surface area (Å²) in [6.07, 6.45) is 0. The van der Waals surface area contributed by atoms with Crippen molar-refractivity contribution in [2.24, 2.45) is 0 Å². The van der Waals surface area contributed by atoms with Crippen LogP contribution >= 0.6 is 0 Å². The van der Waals surface area contributed by atoms with Gasteiger partial charge in [-0.15, -0.1) is 0 Å². The van der Waals surface area contributed by atoms with Gasteiger partial charge in [0.1, 0.15) is 11.6 Å². The second-order valence-electron chi connectivity index (χ2n) is 6.05. The molecular weight excluding hydrogens is 335 g/mol. The van der Waals surface area contributed by atoms with Crippen LogP contribution in [-0.2, 0) is 0 Å². The van der Waals surface area contributed by atoms with Crippen molar-refractivity contribution in [1.29, 1.82) is 0 Å². The molecule has 136 valence electrons. The average Bonchev–Trinajstić information content (AvgIpc) is 2.68. The molecule has 1 saturated heterocycles. The number of nitrogens with zero attached hydrogens (tertiary/aromatic N) is 2. The van der Waals surface area contributed by atoms with Gasteiger partial charge in [-0.2, -0.15) is 0 Å². The molecule has 0 aromatic heterocycles. The second-order valence-corrected chi connectivity index (χ2v) is 6.05. The topological polar surface area (TPSA) is 49.9 Å². The van der Waals surface area contributed by atoms with E-state index in [1.54, 1.807) is 34.1 Å². The third-order valence-corrected chi connectivity index (χ3v) is 4.36. The number of halogens is 1. The summed E-state index contributed by atoms with van der Waals surface area (Å²) in [7, 11) is 0. The number of amides is 2. The van der Waals surface area contributed by atoms with Crippen LogP contribution in [0.1, 0.15) is 27.6 Å². The molecule has 6 heteroatoms. The molecule has 0 saturated carbocycles. The molecule has 1 aliphatic rings. The predicted molar refractivity (Wildman–Crippen MR) is 95.8 cm³/mol. The van der Waals surface area contributed by atoms with Crippen molar-refractivity contribution in [2.75, 3.05) is 32.8 Å².